The summed E-state index contributed by atoms with van der Waals surface area (Å²) < 4.78 is 5.68. The molecule has 0 saturated heterocycles. The van der Waals surface area contributed by atoms with Crippen molar-refractivity contribution in [2.24, 2.45) is 0 Å². The fraction of sp³-hybridized carbons (Fsp3) is 0.600. The minimum Gasteiger partial charge on any atom is -0.375 e. The molecule has 2 heterocycles. The third kappa shape index (κ3) is 3.31. The number of rotatable bonds is 0. The number of nitrogens with one attached hydrogen (secondary N) is 1. The predicted octanol–water partition coefficient (Wildman–Crippen LogP) is 0.720. The maximum absolute atomic E-state index is 8.12. The molecular formula is C10H14N2O3. The third-order valence-electron chi connectivity index (χ3n) is 2.27. The summed E-state index contributed by atoms with van der Waals surface area (Å²) >= 11 is 0. The number of aromatic amines is 1. The van der Waals surface area contributed by atoms with E-state index in [0.29, 0.717) is 0 Å². The van der Waals surface area contributed by atoms with Gasteiger partial charge in [-0.2, -0.15) is 14.7 Å². The van der Waals surface area contributed by atoms with Crippen LogP contribution in [0.4, 0.5) is 0 Å². The summed E-state index contributed by atoms with van der Waals surface area (Å²) in [7, 11) is 0. The van der Waals surface area contributed by atoms with E-state index in [4.69, 9.17) is 14.3 Å². The molecule has 1 aliphatic rings. The summed E-state index contributed by atoms with van der Waals surface area (Å²) in [5.41, 5.74) is 2.51. The van der Waals surface area contributed by atoms with Crippen LogP contribution in [0.2, 0.25) is 0 Å². The van der Waals surface area contributed by atoms with Crippen molar-refractivity contribution in [3.63, 3.8) is 0 Å². The van der Waals surface area contributed by atoms with Crippen LogP contribution < -0.4 is 0 Å². The highest BCUT2D eigenvalue weighted by atomic mass is 16.5. The first-order chi connectivity index (χ1) is 7.09. The lowest BCUT2D eigenvalue weighted by Crippen LogP contribution is -2.26. The highest BCUT2D eigenvalue weighted by Gasteiger charge is 2.24. The Bertz CT molecular complexity index is 351. The first-order valence-electron chi connectivity index (χ1n) is 4.73. The van der Waals surface area contributed by atoms with E-state index in [0.717, 1.165) is 19.4 Å². The van der Waals surface area contributed by atoms with Crippen molar-refractivity contribution in [3.8, 4) is 0 Å². The van der Waals surface area contributed by atoms with Crippen molar-refractivity contribution in [1.82, 2.24) is 10.2 Å². The minimum absolute atomic E-state index is 0.0326. The molecule has 1 aromatic heterocycles. The largest absolute Gasteiger partial charge is 0.375 e. The monoisotopic (exact) mass is 210 g/mol. The van der Waals surface area contributed by atoms with Crippen molar-refractivity contribution < 1.29 is 14.3 Å². The summed E-state index contributed by atoms with van der Waals surface area (Å²) in [6.45, 7) is 5.03. The van der Waals surface area contributed by atoms with Crippen molar-refractivity contribution in [2.45, 2.75) is 32.3 Å². The van der Waals surface area contributed by atoms with Crippen molar-refractivity contribution in [2.75, 3.05) is 6.61 Å². The third-order valence-corrected chi connectivity index (χ3v) is 2.27. The van der Waals surface area contributed by atoms with E-state index < -0.39 is 0 Å². The van der Waals surface area contributed by atoms with Gasteiger partial charge in [0, 0.05) is 18.5 Å². The standard InChI is InChI=1S/C9H14N2O.CO2/c1-9(2)5-7-6-10-11-8(7)3-4-12-9;2-1-3/h6H,3-5H2,1-2H3,(H,10,11);. The Morgan fingerprint density at radius 3 is 2.87 bits per heavy atom. The average molecular weight is 210 g/mol. The van der Waals surface area contributed by atoms with Crippen molar-refractivity contribution in [1.29, 1.82) is 0 Å². The zero-order valence-corrected chi connectivity index (χ0v) is 8.87. The lowest BCUT2D eigenvalue weighted by molar-refractivity contribution is -0.191. The van der Waals surface area contributed by atoms with Gasteiger partial charge in [-0.05, 0) is 19.4 Å². The maximum Gasteiger partial charge on any atom is 0.373 e. The van der Waals surface area contributed by atoms with Gasteiger partial charge < -0.3 is 4.74 Å². The smallest absolute Gasteiger partial charge is 0.373 e. The zero-order chi connectivity index (χ0) is 11.3. The van der Waals surface area contributed by atoms with E-state index >= 15 is 0 Å². The molecule has 1 aromatic rings. The fourth-order valence-corrected chi connectivity index (χ4v) is 1.65. The van der Waals surface area contributed by atoms with Crippen LogP contribution >= 0.6 is 0 Å². The molecule has 0 radical (unpaired) electrons. The maximum atomic E-state index is 8.12. The van der Waals surface area contributed by atoms with E-state index in [2.05, 4.69) is 24.0 Å². The van der Waals surface area contributed by atoms with E-state index in [9.17, 15) is 0 Å². The van der Waals surface area contributed by atoms with E-state index in [1.165, 1.54) is 11.3 Å². The minimum atomic E-state index is -0.0326. The zero-order valence-electron chi connectivity index (χ0n) is 8.87. The first kappa shape index (κ1) is 11.6. The second kappa shape index (κ2) is 4.87. The molecule has 0 saturated carbocycles. The topological polar surface area (TPSA) is 72.0 Å². The molecule has 1 aliphatic heterocycles. The molecule has 5 nitrogen and oxygen atoms in total. The van der Waals surface area contributed by atoms with Gasteiger partial charge in [0.25, 0.3) is 0 Å². The van der Waals surface area contributed by atoms with Crippen molar-refractivity contribution >= 4 is 6.15 Å². The molecule has 82 valence electrons. The van der Waals surface area contributed by atoms with Crippen LogP contribution in [0, 0.1) is 0 Å². The predicted molar refractivity (Wildman–Crippen MR) is 51.0 cm³/mol. The number of aromatic nitrogens is 2. The molecule has 0 amide bonds. The molecule has 2 rings (SSSR count). The van der Waals surface area contributed by atoms with Gasteiger partial charge in [-0.15, -0.1) is 0 Å². The Morgan fingerprint density at radius 1 is 1.53 bits per heavy atom. The Morgan fingerprint density at radius 2 is 2.20 bits per heavy atom. The normalized spacial score (nSPS) is 17.7. The Balaban J connectivity index is 0.000000337. The number of hydrogen-bond donors (Lipinski definition) is 1. The first-order valence-corrected chi connectivity index (χ1v) is 4.73. The van der Waals surface area contributed by atoms with Crippen LogP contribution in [-0.2, 0) is 27.2 Å². The molecule has 15 heavy (non-hydrogen) atoms. The Kier molecular flexibility index (Phi) is 3.77. The quantitative estimate of drug-likeness (QED) is 0.684. The van der Waals surface area contributed by atoms with Crippen LogP contribution in [0.3, 0.4) is 0 Å². The van der Waals surface area contributed by atoms with Gasteiger partial charge in [-0.25, -0.2) is 0 Å². The Hall–Kier alpha value is -1.45. The van der Waals surface area contributed by atoms with Gasteiger partial charge >= 0.3 is 6.15 Å². The van der Waals surface area contributed by atoms with E-state index in [-0.39, 0.29) is 11.8 Å². The summed E-state index contributed by atoms with van der Waals surface area (Å²) in [5.74, 6) is 0. The van der Waals surface area contributed by atoms with Gasteiger partial charge in [0.15, 0.2) is 0 Å². The van der Waals surface area contributed by atoms with Crippen LogP contribution in [0.5, 0.6) is 0 Å². The average Bonchev–Trinajstić information content (AvgIpc) is 2.48. The lowest BCUT2D eigenvalue weighted by Gasteiger charge is -2.22. The van der Waals surface area contributed by atoms with Crippen LogP contribution in [0.15, 0.2) is 6.20 Å². The van der Waals surface area contributed by atoms with Gasteiger partial charge in [-0.1, -0.05) is 0 Å². The summed E-state index contributed by atoms with van der Waals surface area (Å²) in [4.78, 5) is 16.2. The van der Waals surface area contributed by atoms with E-state index in [1.54, 1.807) is 0 Å². The molecule has 0 aromatic carbocycles. The highest BCUT2D eigenvalue weighted by Crippen LogP contribution is 2.22. The Labute approximate surface area is 87.8 Å². The number of carbonyl (C=O) groups excluding carboxylic acids is 2. The molecule has 0 atom stereocenters. The van der Waals surface area contributed by atoms with Crippen LogP contribution in [0.1, 0.15) is 25.1 Å². The second-order valence-corrected chi connectivity index (χ2v) is 3.99. The van der Waals surface area contributed by atoms with Crippen LogP contribution in [-0.4, -0.2) is 28.6 Å². The van der Waals surface area contributed by atoms with Crippen LogP contribution in [0.25, 0.3) is 0 Å². The fourth-order valence-electron chi connectivity index (χ4n) is 1.65. The SMILES string of the molecule is CC1(C)Cc2cn[nH]c2CCO1.O=C=O. The molecule has 0 aliphatic carbocycles. The summed E-state index contributed by atoms with van der Waals surface area (Å²) in [5, 5.41) is 7.04. The van der Waals surface area contributed by atoms with Gasteiger partial charge in [0.05, 0.1) is 18.4 Å². The molecule has 0 fully saturated rings. The number of fused-ring (bicyclic) bond motifs is 1. The van der Waals surface area contributed by atoms with Gasteiger partial charge in [0.2, 0.25) is 0 Å². The molecule has 5 heteroatoms. The van der Waals surface area contributed by atoms with Gasteiger partial charge in [0.1, 0.15) is 0 Å². The second-order valence-electron chi connectivity index (χ2n) is 3.99. The molecule has 0 spiro atoms. The molecule has 0 bridgehead atoms. The number of hydrogen-bond acceptors (Lipinski definition) is 4. The molecule has 0 unspecified atom stereocenters. The lowest BCUT2D eigenvalue weighted by atomic mass is 10.00. The molecular weight excluding hydrogens is 196 g/mol. The van der Waals surface area contributed by atoms with E-state index in [1.807, 2.05) is 6.20 Å². The molecule has 1 N–H and O–H groups in total. The highest BCUT2D eigenvalue weighted by molar-refractivity contribution is 5.20. The van der Waals surface area contributed by atoms with Gasteiger partial charge in [-0.3, -0.25) is 5.10 Å². The van der Waals surface area contributed by atoms with Crippen molar-refractivity contribution in [3.05, 3.63) is 17.5 Å². The number of nitrogens with zero attached hydrogens (tertiary/aromatic N) is 1. The summed E-state index contributed by atoms with van der Waals surface area (Å²) in [6.07, 6.45) is 4.07. The summed E-state index contributed by atoms with van der Waals surface area (Å²) in [6, 6.07) is 0. The number of H-pyrrole nitrogens is 1. The number of ether oxygens (including phenoxy) is 1.